The normalized spacial score (nSPS) is 11.2. The predicted molar refractivity (Wildman–Crippen MR) is 144 cm³/mol. The lowest BCUT2D eigenvalue weighted by atomic mass is 10.1. The molecular weight excluding hydrogens is 504 g/mol. The Morgan fingerprint density at radius 3 is 2.43 bits per heavy atom. The minimum absolute atomic E-state index is 0.0368. The Morgan fingerprint density at radius 2 is 1.71 bits per heavy atom. The van der Waals surface area contributed by atoms with Crippen LogP contribution in [0.1, 0.15) is 18.1 Å². The molecular formula is C26H29ClN2O4S2. The van der Waals surface area contributed by atoms with Crippen LogP contribution in [-0.2, 0) is 20.6 Å². The molecule has 0 saturated carbocycles. The zero-order valence-corrected chi connectivity index (χ0v) is 22.1. The van der Waals surface area contributed by atoms with Crippen LogP contribution in [-0.4, -0.2) is 39.8 Å². The van der Waals surface area contributed by atoms with E-state index < -0.39 is 15.9 Å². The van der Waals surface area contributed by atoms with E-state index in [4.69, 9.17) is 16.3 Å². The summed E-state index contributed by atoms with van der Waals surface area (Å²) in [5.74, 6) is 1.54. The van der Waals surface area contributed by atoms with Crippen molar-refractivity contribution in [2.75, 3.05) is 29.8 Å². The van der Waals surface area contributed by atoms with Crippen LogP contribution >= 0.6 is 23.4 Å². The maximum atomic E-state index is 13.5. The molecule has 3 aromatic carbocycles. The molecule has 0 aliphatic rings. The number of hydrogen-bond acceptors (Lipinski definition) is 5. The maximum Gasteiger partial charge on any atom is 0.264 e. The van der Waals surface area contributed by atoms with Gasteiger partial charge in [0.1, 0.15) is 12.3 Å². The zero-order chi connectivity index (χ0) is 25.3. The molecule has 0 aliphatic heterocycles. The molecule has 3 rings (SSSR count). The Hall–Kier alpha value is -2.68. The van der Waals surface area contributed by atoms with Gasteiger partial charge in [0.05, 0.1) is 17.2 Å². The van der Waals surface area contributed by atoms with Crippen LogP contribution in [0.15, 0.2) is 77.7 Å². The number of carbonyl (C=O) groups excluding carboxylic acids is 1. The highest BCUT2D eigenvalue weighted by molar-refractivity contribution is 7.98. The molecule has 0 saturated heterocycles. The molecule has 1 amide bonds. The fraction of sp³-hybridized carbons (Fsp3) is 0.269. The number of ether oxygens (including phenoxy) is 1. The summed E-state index contributed by atoms with van der Waals surface area (Å²) in [6, 6.07) is 20.8. The van der Waals surface area contributed by atoms with E-state index in [0.29, 0.717) is 35.4 Å². The van der Waals surface area contributed by atoms with Crippen molar-refractivity contribution in [3.05, 3.63) is 88.9 Å². The molecule has 0 unspecified atom stereocenters. The molecule has 0 bridgehead atoms. The summed E-state index contributed by atoms with van der Waals surface area (Å²) in [5, 5.41) is 3.26. The number of thioether (sulfide) groups is 1. The Labute approximate surface area is 216 Å². The third kappa shape index (κ3) is 7.40. The van der Waals surface area contributed by atoms with E-state index in [2.05, 4.69) is 24.4 Å². The Kier molecular flexibility index (Phi) is 9.89. The molecule has 0 spiro atoms. The van der Waals surface area contributed by atoms with E-state index in [1.165, 1.54) is 35.4 Å². The van der Waals surface area contributed by atoms with Crippen LogP contribution in [0.25, 0.3) is 0 Å². The second kappa shape index (κ2) is 12.9. The fourth-order valence-electron chi connectivity index (χ4n) is 3.38. The summed E-state index contributed by atoms with van der Waals surface area (Å²) in [4.78, 5) is 12.9. The number of nitrogens with zero attached hydrogens (tertiary/aromatic N) is 1. The van der Waals surface area contributed by atoms with Gasteiger partial charge in [-0.15, -0.1) is 0 Å². The summed E-state index contributed by atoms with van der Waals surface area (Å²) in [6.45, 7) is 4.30. The number of anilines is 1. The second-order valence-electron chi connectivity index (χ2n) is 7.70. The van der Waals surface area contributed by atoms with Gasteiger partial charge in [0, 0.05) is 23.1 Å². The summed E-state index contributed by atoms with van der Waals surface area (Å²) < 4.78 is 33.8. The van der Waals surface area contributed by atoms with Crippen molar-refractivity contribution in [3.8, 4) is 5.75 Å². The lowest BCUT2D eigenvalue weighted by Gasteiger charge is -2.26. The molecule has 0 aromatic heterocycles. The van der Waals surface area contributed by atoms with E-state index in [-0.39, 0.29) is 11.4 Å². The molecule has 186 valence electrons. The number of nitrogens with one attached hydrogen (secondary N) is 1. The minimum Gasteiger partial charge on any atom is -0.492 e. The van der Waals surface area contributed by atoms with Gasteiger partial charge in [-0.05, 0) is 61.4 Å². The first-order valence-electron chi connectivity index (χ1n) is 11.2. The van der Waals surface area contributed by atoms with Gasteiger partial charge >= 0.3 is 0 Å². The second-order valence-corrected chi connectivity index (χ2v) is 11.1. The number of benzene rings is 3. The topological polar surface area (TPSA) is 75.7 Å². The lowest BCUT2D eigenvalue weighted by Crippen LogP contribution is -2.41. The number of halogens is 1. The van der Waals surface area contributed by atoms with Crippen molar-refractivity contribution in [3.63, 3.8) is 0 Å². The van der Waals surface area contributed by atoms with Crippen LogP contribution in [0.5, 0.6) is 5.75 Å². The van der Waals surface area contributed by atoms with E-state index >= 15 is 0 Å². The summed E-state index contributed by atoms with van der Waals surface area (Å²) in [7, 11) is -4.05. The van der Waals surface area contributed by atoms with Crippen LogP contribution < -0.4 is 14.4 Å². The first-order valence-corrected chi connectivity index (χ1v) is 14.2. The van der Waals surface area contributed by atoms with Crippen LogP contribution in [0.2, 0.25) is 5.02 Å². The number of hydrogen-bond donors (Lipinski definition) is 1. The zero-order valence-electron chi connectivity index (χ0n) is 19.7. The Bertz CT molecular complexity index is 1230. The molecule has 0 aliphatic carbocycles. The number of aryl methyl sites for hydroxylation is 1. The van der Waals surface area contributed by atoms with Crippen molar-refractivity contribution < 1.29 is 17.9 Å². The molecule has 0 atom stereocenters. The number of para-hydroxylation sites is 2. The van der Waals surface area contributed by atoms with E-state index in [9.17, 15) is 13.2 Å². The molecule has 1 N–H and O–H groups in total. The number of amides is 1. The van der Waals surface area contributed by atoms with Gasteiger partial charge < -0.3 is 10.1 Å². The standard InChI is InChI=1S/C26H29ClN2O4S2/c1-3-33-25-11-7-6-10-24(25)29(35(31,32)23-14-12-22(27)13-15-23)18-26(30)28-16-17-34-19-21-9-5-4-8-20(21)2/h4-15H,3,16-19H2,1-2H3,(H,28,30). The lowest BCUT2D eigenvalue weighted by molar-refractivity contribution is -0.119. The summed E-state index contributed by atoms with van der Waals surface area (Å²) in [5.41, 5.74) is 2.80. The van der Waals surface area contributed by atoms with E-state index in [0.717, 1.165) is 10.1 Å². The fourth-order valence-corrected chi connectivity index (χ4v) is 5.87. The molecule has 0 fully saturated rings. The van der Waals surface area contributed by atoms with Crippen LogP contribution in [0.4, 0.5) is 5.69 Å². The van der Waals surface area contributed by atoms with E-state index in [1.54, 1.807) is 36.0 Å². The third-order valence-electron chi connectivity index (χ3n) is 5.21. The average Bonchev–Trinajstić information content (AvgIpc) is 2.84. The van der Waals surface area contributed by atoms with Crippen molar-refractivity contribution in [2.45, 2.75) is 24.5 Å². The molecule has 35 heavy (non-hydrogen) atoms. The van der Waals surface area contributed by atoms with Gasteiger partial charge in [-0.2, -0.15) is 11.8 Å². The van der Waals surface area contributed by atoms with Gasteiger partial charge in [-0.3, -0.25) is 9.10 Å². The van der Waals surface area contributed by atoms with Gasteiger partial charge in [0.2, 0.25) is 5.91 Å². The monoisotopic (exact) mass is 532 g/mol. The Balaban J connectivity index is 1.71. The molecule has 0 radical (unpaired) electrons. The molecule has 0 heterocycles. The van der Waals surface area contributed by atoms with Crippen LogP contribution in [0.3, 0.4) is 0 Å². The maximum absolute atomic E-state index is 13.5. The highest BCUT2D eigenvalue weighted by Gasteiger charge is 2.29. The SMILES string of the molecule is CCOc1ccccc1N(CC(=O)NCCSCc1ccccc1C)S(=O)(=O)c1ccc(Cl)cc1. The van der Waals surface area contributed by atoms with Crippen molar-refractivity contribution in [1.82, 2.24) is 5.32 Å². The van der Waals surface area contributed by atoms with Crippen LogP contribution in [0, 0.1) is 6.92 Å². The third-order valence-corrected chi connectivity index (χ3v) is 8.24. The first-order chi connectivity index (χ1) is 16.8. The van der Waals surface area contributed by atoms with Gasteiger partial charge in [-0.25, -0.2) is 8.42 Å². The number of sulfonamides is 1. The van der Waals surface area contributed by atoms with Crippen molar-refractivity contribution in [2.24, 2.45) is 0 Å². The number of rotatable bonds is 12. The average molecular weight is 533 g/mol. The highest BCUT2D eigenvalue weighted by atomic mass is 35.5. The molecule has 3 aromatic rings. The Morgan fingerprint density at radius 1 is 1.03 bits per heavy atom. The van der Waals surface area contributed by atoms with Gasteiger partial charge in [0.25, 0.3) is 10.0 Å². The molecule has 9 heteroatoms. The van der Waals surface area contributed by atoms with Crippen molar-refractivity contribution >= 4 is 45.0 Å². The van der Waals surface area contributed by atoms with E-state index in [1.807, 2.05) is 19.1 Å². The predicted octanol–water partition coefficient (Wildman–Crippen LogP) is 5.29. The van der Waals surface area contributed by atoms with Gasteiger partial charge in [-0.1, -0.05) is 48.0 Å². The first kappa shape index (κ1) is 26.9. The van der Waals surface area contributed by atoms with Gasteiger partial charge in [0.15, 0.2) is 0 Å². The van der Waals surface area contributed by atoms with Crippen molar-refractivity contribution in [1.29, 1.82) is 0 Å². The summed E-state index contributed by atoms with van der Waals surface area (Å²) >= 11 is 7.66. The largest absolute Gasteiger partial charge is 0.492 e. The number of carbonyl (C=O) groups is 1. The minimum atomic E-state index is -4.05. The molecule has 6 nitrogen and oxygen atoms in total. The highest BCUT2D eigenvalue weighted by Crippen LogP contribution is 2.32. The quantitative estimate of drug-likeness (QED) is 0.321. The summed E-state index contributed by atoms with van der Waals surface area (Å²) in [6.07, 6.45) is 0. The smallest absolute Gasteiger partial charge is 0.264 e.